The van der Waals surface area contributed by atoms with E-state index in [1.807, 2.05) is 0 Å². The highest BCUT2D eigenvalue weighted by Crippen LogP contribution is 2.48. The van der Waals surface area contributed by atoms with E-state index in [9.17, 15) is 81.4 Å². The molecule has 24 heteroatoms. The number of carbonyl (C=O) groups excluding carboxylic acids is 1. The van der Waals surface area contributed by atoms with Gasteiger partial charge < -0.3 is 114 Å². The van der Waals surface area contributed by atoms with Gasteiger partial charge in [-0.15, -0.1) is 0 Å². The third-order valence-electron chi connectivity index (χ3n) is 11.2. The van der Waals surface area contributed by atoms with Crippen LogP contribution >= 0.6 is 0 Å². The van der Waals surface area contributed by atoms with Gasteiger partial charge in [-0.3, -0.25) is 0 Å². The summed E-state index contributed by atoms with van der Waals surface area (Å²) in [7, 11) is 0. The zero-order valence-corrected chi connectivity index (χ0v) is 34.3. The average molecular weight is 938 g/mol. The third kappa shape index (κ3) is 9.86. The number of aliphatic hydroxyl groups excluding tert-OH is 9. The predicted octanol–water partition coefficient (Wildman–Crippen LogP) is -2.63. The second-order valence-corrected chi connectivity index (χ2v) is 15.8. The number of aliphatic hydroxyl groups is 10. The highest BCUT2D eigenvalue weighted by Gasteiger charge is 2.50. The lowest BCUT2D eigenvalue weighted by atomic mass is 9.98. The molecule has 7 rings (SSSR count). The summed E-state index contributed by atoms with van der Waals surface area (Å²) in [6, 6.07) is 8.00. The van der Waals surface area contributed by atoms with E-state index in [4.69, 9.17) is 33.2 Å². The molecule has 0 bridgehead atoms. The number of benzene rings is 3. The quantitative estimate of drug-likeness (QED) is 0.0382. The van der Waals surface area contributed by atoms with Gasteiger partial charge in [0.15, 0.2) is 46.9 Å². The van der Waals surface area contributed by atoms with Gasteiger partial charge in [-0.1, -0.05) is 6.07 Å². The number of hydrogen-bond donors (Lipinski definition) is 15. The van der Waals surface area contributed by atoms with Crippen LogP contribution < -0.4 is 4.74 Å². The smallest absolute Gasteiger partial charge is 0.331 e. The summed E-state index contributed by atoms with van der Waals surface area (Å²) in [6.45, 7) is -0.0947. The maximum Gasteiger partial charge on any atom is 0.331 e. The third-order valence-corrected chi connectivity index (χ3v) is 11.2. The van der Waals surface area contributed by atoms with E-state index in [0.29, 0.717) is 5.56 Å². The molecule has 16 atom stereocenters. The Balaban J connectivity index is 1.09. The Bertz CT molecular complexity index is 2260. The molecule has 1 unspecified atom stereocenters. The number of rotatable bonds is 12. The minimum absolute atomic E-state index is 0.0252. The molecule has 4 aliphatic rings. The fraction of sp³-hybridized carbons (Fsp3) is 0.452. The van der Waals surface area contributed by atoms with Gasteiger partial charge in [0.05, 0.1) is 30.9 Å². The molecule has 0 radical (unpaired) electrons. The minimum Gasteiger partial charge on any atom is -0.571 e. The van der Waals surface area contributed by atoms with E-state index in [1.165, 1.54) is 37.3 Å². The van der Waals surface area contributed by atoms with Gasteiger partial charge in [-0.05, 0) is 42.8 Å². The Morgan fingerprint density at radius 1 is 0.682 bits per heavy atom. The van der Waals surface area contributed by atoms with Crippen molar-refractivity contribution in [3.05, 3.63) is 71.0 Å². The fourth-order valence-electron chi connectivity index (χ4n) is 7.54. The van der Waals surface area contributed by atoms with Crippen LogP contribution in [0.15, 0.2) is 54.3 Å². The molecule has 3 saturated heterocycles. The SMILES string of the molecule is C[C@@H]1O[C@@H](OC[C@H]2O[C@@H](OC3=Cc4c(O[C@@H]5O[C@@H](CO)[C@@H](O)[C@H](O)[C@H]5O)cc(O)cc4[OH+]C3c3cc(O)c(O)c(O)c3)[C@H](O)[C@@H](O)[C@@H]2O)[C@@H](O)[C@@H](O)[C@H]1OC(=O)/C=C/c1ccc(O)c(O)c1. The molecule has 3 fully saturated rings. The minimum atomic E-state index is -2.02. The average Bonchev–Trinajstić information content (AvgIpc) is 3.28. The molecule has 66 heavy (non-hydrogen) atoms. The summed E-state index contributed by atoms with van der Waals surface area (Å²) in [5, 5.41) is 156. The van der Waals surface area contributed by atoms with Crippen molar-refractivity contribution in [3.63, 3.8) is 0 Å². The number of phenolic OH excluding ortho intramolecular Hbond substituents is 6. The van der Waals surface area contributed by atoms with Crippen LogP contribution in [0.4, 0.5) is 0 Å². The van der Waals surface area contributed by atoms with Gasteiger partial charge in [0.1, 0.15) is 78.1 Å². The number of aromatic hydroxyl groups is 7. The van der Waals surface area contributed by atoms with E-state index >= 15 is 0 Å². The van der Waals surface area contributed by atoms with Gasteiger partial charge in [-0.2, -0.15) is 0 Å². The number of ether oxygens (including phenoxy) is 8. The topological polar surface area (TPSA) is 398 Å². The van der Waals surface area contributed by atoms with Crippen LogP contribution in [0.25, 0.3) is 12.2 Å². The molecule has 0 aromatic heterocycles. The zero-order chi connectivity index (χ0) is 47.9. The van der Waals surface area contributed by atoms with Crippen LogP contribution in [0, 0.1) is 0 Å². The van der Waals surface area contributed by atoms with Crippen molar-refractivity contribution in [2.75, 3.05) is 13.2 Å². The molecule has 0 aliphatic carbocycles. The van der Waals surface area contributed by atoms with Crippen molar-refractivity contribution < 1.29 is 119 Å². The summed E-state index contributed by atoms with van der Waals surface area (Å²) in [5.74, 6) is -5.35. The normalized spacial score (nSPS) is 34.5. The maximum atomic E-state index is 12.6. The lowest BCUT2D eigenvalue weighted by molar-refractivity contribution is -0.325. The molecular formula is C42H49O24+. The van der Waals surface area contributed by atoms with Crippen LogP contribution in [0.3, 0.4) is 0 Å². The Kier molecular flexibility index (Phi) is 14.3. The Morgan fingerprint density at radius 3 is 1.95 bits per heavy atom. The molecule has 0 spiro atoms. The first-order chi connectivity index (χ1) is 31.3. The van der Waals surface area contributed by atoms with Crippen molar-refractivity contribution in [3.8, 4) is 46.0 Å². The summed E-state index contributed by atoms with van der Waals surface area (Å²) < 4.78 is 44.4. The molecule has 4 aliphatic heterocycles. The van der Waals surface area contributed by atoms with Gasteiger partial charge in [-0.25, -0.2) is 4.79 Å². The van der Waals surface area contributed by atoms with Gasteiger partial charge >= 0.3 is 5.97 Å². The van der Waals surface area contributed by atoms with Crippen LogP contribution in [0.5, 0.6) is 46.0 Å². The molecule has 24 nitrogen and oxygen atoms in total. The zero-order valence-electron chi connectivity index (χ0n) is 34.3. The summed E-state index contributed by atoms with van der Waals surface area (Å²) in [6.07, 6.45) is -23.8. The molecule has 360 valence electrons. The van der Waals surface area contributed by atoms with Crippen molar-refractivity contribution in [1.29, 1.82) is 0 Å². The largest absolute Gasteiger partial charge is 0.571 e. The molecule has 3 aromatic carbocycles. The number of hydrogen-bond acceptors (Lipinski definition) is 23. The highest BCUT2D eigenvalue weighted by atomic mass is 16.7. The van der Waals surface area contributed by atoms with Gasteiger partial charge in [0.25, 0.3) is 11.9 Å². The summed E-state index contributed by atoms with van der Waals surface area (Å²) in [5.41, 5.74) is 0.242. The van der Waals surface area contributed by atoms with E-state index in [-0.39, 0.29) is 34.1 Å². The van der Waals surface area contributed by atoms with Gasteiger partial charge in [0.2, 0.25) is 12.6 Å². The Hall–Kier alpha value is -5.71. The van der Waals surface area contributed by atoms with E-state index in [2.05, 4.69) is 4.74 Å². The standard InChI is InChI=1S/C42H48O24/c1-14-38(66-28(49)5-3-15-2-4-19(45)20(46)6-15)34(55)37(58)40(60-14)59-13-27-31(52)33(54)36(57)42(65-27)63-25-11-18-23(61-39(25)16-7-21(47)29(50)22(48)8-16)9-17(44)10-24(18)62-41-35(56)32(53)30(51)26(12-43)64-41/h2-11,14,26-27,30-48,50-58H,12-13H2,1H3/p+1/b5-3+/t14-,26-,27+,30+,31+,32-,33-,34+,35+,36+,37-,38-,39?,40+,41+,42+/m0/s1. The molecule has 3 aromatic rings. The monoisotopic (exact) mass is 937 g/mol. The molecular weight excluding hydrogens is 888 g/mol. The number of esters is 1. The van der Waals surface area contributed by atoms with Crippen molar-refractivity contribution >= 4 is 18.1 Å². The van der Waals surface area contributed by atoms with Crippen LogP contribution in [-0.4, -0.2) is 193 Å². The van der Waals surface area contributed by atoms with Crippen LogP contribution in [0.2, 0.25) is 0 Å². The summed E-state index contributed by atoms with van der Waals surface area (Å²) >= 11 is 0. The number of phenols is 6. The van der Waals surface area contributed by atoms with Crippen LogP contribution in [0.1, 0.15) is 29.7 Å². The Labute approximate surface area is 372 Å². The highest BCUT2D eigenvalue weighted by molar-refractivity contribution is 5.87. The maximum absolute atomic E-state index is 12.6. The van der Waals surface area contributed by atoms with E-state index in [1.54, 1.807) is 0 Å². The first kappa shape index (κ1) is 48.2. The lowest BCUT2D eigenvalue weighted by Crippen LogP contribution is -2.61. The van der Waals surface area contributed by atoms with E-state index in [0.717, 1.165) is 30.3 Å². The fourth-order valence-corrected chi connectivity index (χ4v) is 7.54. The lowest BCUT2D eigenvalue weighted by Gasteiger charge is -2.43. The molecule has 4 heterocycles. The first-order valence-electron chi connectivity index (χ1n) is 20.2. The second kappa shape index (κ2) is 19.6. The van der Waals surface area contributed by atoms with Crippen LogP contribution in [-0.2, 0) is 33.2 Å². The first-order valence-corrected chi connectivity index (χ1v) is 20.2. The summed E-state index contributed by atoms with van der Waals surface area (Å²) in [4.78, 5) is 12.6. The molecule has 0 amide bonds. The van der Waals surface area contributed by atoms with E-state index < -0.39 is 146 Å². The van der Waals surface area contributed by atoms with Gasteiger partial charge in [0, 0.05) is 18.2 Å². The molecule has 16 N–H and O–H groups in total. The predicted molar refractivity (Wildman–Crippen MR) is 215 cm³/mol. The van der Waals surface area contributed by atoms with Crippen molar-refractivity contribution in [2.24, 2.45) is 0 Å². The Morgan fingerprint density at radius 2 is 1.30 bits per heavy atom. The molecule has 0 saturated carbocycles. The van der Waals surface area contributed by atoms with Crippen molar-refractivity contribution in [2.45, 2.75) is 105 Å². The second-order valence-electron chi connectivity index (χ2n) is 15.8. The number of carbonyl (C=O) groups is 1. The number of fused-ring (bicyclic) bond motifs is 1. The van der Waals surface area contributed by atoms with Crippen molar-refractivity contribution in [1.82, 2.24) is 0 Å².